The molecular formula is C20H10Br2HgO6-. The fourth-order valence-electron chi connectivity index (χ4n) is 3.22. The Bertz CT molecular complexity index is 1310. The third-order valence-electron chi connectivity index (χ3n) is 4.49. The average Bonchev–Trinajstić information content (AvgIpc) is 2.66. The van der Waals surface area contributed by atoms with Gasteiger partial charge in [-0.1, -0.05) is 0 Å². The van der Waals surface area contributed by atoms with E-state index >= 15 is 0 Å². The molecule has 0 unspecified atom stereocenters. The quantitative estimate of drug-likeness (QED) is 0.254. The summed E-state index contributed by atoms with van der Waals surface area (Å²) in [6, 6.07) is 11.3. The Labute approximate surface area is 197 Å². The van der Waals surface area contributed by atoms with Crippen LogP contribution in [0.3, 0.4) is 0 Å². The molecule has 29 heavy (non-hydrogen) atoms. The van der Waals surface area contributed by atoms with E-state index in [1.165, 1.54) is 12.1 Å². The van der Waals surface area contributed by atoms with Crippen LogP contribution in [0.2, 0.25) is 0 Å². The predicted molar refractivity (Wildman–Crippen MR) is 110 cm³/mol. The van der Waals surface area contributed by atoms with Crippen molar-refractivity contribution >= 4 is 51.9 Å². The van der Waals surface area contributed by atoms with Gasteiger partial charge >= 0.3 is 193 Å². The SMILES string of the molecule is O.O=C(O)c1ccccc1-c1c2cc(Br)c(=O)cc-2oc2[c]([Hg])c([O-])c(Br)cc12. The van der Waals surface area contributed by atoms with E-state index in [1.807, 2.05) is 0 Å². The number of hydrogen-bond acceptors (Lipinski definition) is 4. The second-order valence-electron chi connectivity index (χ2n) is 6.15. The van der Waals surface area contributed by atoms with Gasteiger partial charge in [0, 0.05) is 0 Å². The zero-order valence-corrected chi connectivity index (χ0v) is 23.3. The van der Waals surface area contributed by atoms with Crippen LogP contribution in [0, 0.1) is 0 Å². The maximum atomic E-state index is 12.4. The molecule has 0 radical (unpaired) electrons. The number of carboxylic acid groups (broad SMARTS) is 1. The van der Waals surface area contributed by atoms with Gasteiger partial charge in [0.05, 0.1) is 0 Å². The Balaban J connectivity index is 0.00000240. The van der Waals surface area contributed by atoms with Crippen molar-refractivity contribution < 1.29 is 51.0 Å². The van der Waals surface area contributed by atoms with Crippen LogP contribution in [0.1, 0.15) is 10.4 Å². The van der Waals surface area contributed by atoms with Crippen molar-refractivity contribution in [3.8, 4) is 28.2 Å². The summed E-state index contributed by atoms with van der Waals surface area (Å²) in [5, 5.41) is 22.8. The van der Waals surface area contributed by atoms with Crippen molar-refractivity contribution in [1.29, 1.82) is 0 Å². The van der Waals surface area contributed by atoms with Crippen molar-refractivity contribution in [3.63, 3.8) is 0 Å². The number of hydrogen-bond donors (Lipinski definition) is 1. The van der Waals surface area contributed by atoms with E-state index < -0.39 is 5.97 Å². The van der Waals surface area contributed by atoms with Crippen LogP contribution >= 0.6 is 31.9 Å². The number of aromatic carboxylic acids is 1. The van der Waals surface area contributed by atoms with Gasteiger partial charge in [-0.25, -0.2) is 0 Å². The first kappa shape index (κ1) is 22.0. The first-order chi connectivity index (χ1) is 13.3. The van der Waals surface area contributed by atoms with Crippen molar-refractivity contribution in [2.45, 2.75) is 0 Å². The molecule has 1 aliphatic carbocycles. The first-order valence-electron chi connectivity index (χ1n) is 8.04. The van der Waals surface area contributed by atoms with Crippen LogP contribution in [0.15, 0.2) is 60.6 Å². The van der Waals surface area contributed by atoms with Crippen molar-refractivity contribution in [3.05, 3.63) is 67.2 Å². The van der Waals surface area contributed by atoms with Crippen LogP contribution in [0.25, 0.3) is 33.4 Å². The second kappa shape index (κ2) is 8.18. The van der Waals surface area contributed by atoms with Gasteiger partial charge in [0.15, 0.2) is 0 Å². The molecule has 0 spiro atoms. The third-order valence-corrected chi connectivity index (χ3v) is 8.20. The molecule has 0 bridgehead atoms. The molecule has 9 heteroatoms. The van der Waals surface area contributed by atoms with Gasteiger partial charge in [0.25, 0.3) is 0 Å². The Kier molecular flexibility index (Phi) is 6.19. The molecule has 0 saturated carbocycles. The zero-order chi connectivity index (χ0) is 20.2. The van der Waals surface area contributed by atoms with Gasteiger partial charge in [-0.05, 0) is 0 Å². The molecule has 0 amide bonds. The number of benzene rings is 3. The van der Waals surface area contributed by atoms with Crippen molar-refractivity contribution in [2.24, 2.45) is 0 Å². The second-order valence-corrected chi connectivity index (χ2v) is 10.6. The number of rotatable bonds is 2. The van der Waals surface area contributed by atoms with Crippen molar-refractivity contribution in [1.82, 2.24) is 0 Å². The summed E-state index contributed by atoms with van der Waals surface area (Å²) in [4.78, 5) is 24.0. The summed E-state index contributed by atoms with van der Waals surface area (Å²) in [7, 11) is 0. The Hall–Kier alpha value is -1.74. The number of carboxylic acids is 1. The van der Waals surface area contributed by atoms with Gasteiger partial charge in [-0.2, -0.15) is 0 Å². The third kappa shape index (κ3) is 3.63. The van der Waals surface area contributed by atoms with E-state index in [0.29, 0.717) is 45.4 Å². The molecule has 0 aromatic heterocycles. The molecular weight excluding hydrogens is 697 g/mol. The van der Waals surface area contributed by atoms with E-state index in [0.717, 1.165) is 0 Å². The van der Waals surface area contributed by atoms with Gasteiger partial charge in [-0.15, -0.1) is 0 Å². The molecule has 4 rings (SSSR count). The van der Waals surface area contributed by atoms with Crippen LogP contribution in [0.5, 0.6) is 5.75 Å². The first-order valence-corrected chi connectivity index (χ1v) is 12.4. The maximum absolute atomic E-state index is 12.4. The molecule has 2 aliphatic rings. The van der Waals surface area contributed by atoms with Gasteiger partial charge < -0.3 is 5.48 Å². The number of fused-ring (bicyclic) bond motifs is 2. The topological polar surface area (TPSA) is 122 Å². The Morgan fingerprint density at radius 1 is 1.07 bits per heavy atom. The van der Waals surface area contributed by atoms with E-state index in [1.54, 1.807) is 30.3 Å². The number of carbonyl (C=O) groups is 1. The van der Waals surface area contributed by atoms with Crippen LogP contribution in [-0.4, -0.2) is 16.6 Å². The summed E-state index contributed by atoms with van der Waals surface area (Å²) in [6.07, 6.45) is 0. The molecule has 2 aromatic rings. The summed E-state index contributed by atoms with van der Waals surface area (Å²) in [5.74, 6) is -0.897. The Morgan fingerprint density at radius 2 is 1.76 bits per heavy atom. The van der Waals surface area contributed by atoms with E-state index in [9.17, 15) is 19.8 Å². The van der Waals surface area contributed by atoms with Gasteiger partial charge in [0.1, 0.15) is 0 Å². The fourth-order valence-corrected chi connectivity index (χ4v) is 6.80. The molecule has 0 atom stereocenters. The predicted octanol–water partition coefficient (Wildman–Crippen LogP) is 3.21. The molecule has 2 aromatic carbocycles. The summed E-state index contributed by atoms with van der Waals surface area (Å²) < 4.78 is 7.28. The summed E-state index contributed by atoms with van der Waals surface area (Å²) >= 11 is 6.51. The van der Waals surface area contributed by atoms with Crippen LogP contribution in [0.4, 0.5) is 0 Å². The average molecular weight is 707 g/mol. The molecule has 143 valence electrons. The Morgan fingerprint density at radius 3 is 2.45 bits per heavy atom. The minimum atomic E-state index is -1.06. The fraction of sp³-hybridized carbons (Fsp3) is 0. The van der Waals surface area contributed by atoms with Crippen molar-refractivity contribution in [2.75, 3.05) is 0 Å². The monoisotopic (exact) mass is 706 g/mol. The van der Waals surface area contributed by atoms with E-state index in [4.69, 9.17) is 4.42 Å². The van der Waals surface area contributed by atoms with Crippen LogP contribution in [-0.2, 0) is 26.1 Å². The van der Waals surface area contributed by atoms with Gasteiger partial charge in [0.2, 0.25) is 0 Å². The molecule has 1 aliphatic heterocycles. The number of halogens is 2. The molecule has 3 N–H and O–H groups in total. The summed E-state index contributed by atoms with van der Waals surface area (Å²) in [6.45, 7) is 0. The molecule has 1 heterocycles. The molecule has 0 saturated heterocycles. The van der Waals surface area contributed by atoms with Crippen LogP contribution < -0.4 is 13.6 Å². The molecule has 0 fully saturated rings. The van der Waals surface area contributed by atoms with E-state index in [-0.39, 0.29) is 48.3 Å². The zero-order valence-electron chi connectivity index (χ0n) is 14.6. The molecule has 6 nitrogen and oxygen atoms in total. The summed E-state index contributed by atoms with van der Waals surface area (Å²) in [5.41, 5.74) is 1.96. The normalized spacial score (nSPS) is 10.9. The minimum absolute atomic E-state index is 0. The van der Waals surface area contributed by atoms with Gasteiger partial charge in [-0.3, -0.25) is 0 Å². The standard InChI is InChI=1S/C20H9Br2O5.Hg.H2O/c21-13-5-11-17(7-15(13)23)27-18-8-16(24)14(22)6-12(18)19(11)9-3-1-2-4-10(9)20(25)26;;/h1-7,24H,(H,25,26);;1H2/p-1. The van der Waals surface area contributed by atoms with E-state index in [2.05, 4.69) is 31.9 Å².